The first kappa shape index (κ1) is 27.5. The van der Waals surface area contributed by atoms with Gasteiger partial charge in [0.1, 0.15) is 0 Å². The summed E-state index contributed by atoms with van der Waals surface area (Å²) in [5, 5.41) is 0. The molecule has 0 bridgehead atoms. The lowest BCUT2D eigenvalue weighted by Gasteiger charge is -2.02. The number of rotatable bonds is 24. The molecule has 0 rings (SSSR count). The van der Waals surface area contributed by atoms with E-state index in [2.05, 4.69) is 25.7 Å². The van der Waals surface area contributed by atoms with Gasteiger partial charge >= 0.3 is 0 Å². The van der Waals surface area contributed by atoms with Crippen molar-refractivity contribution >= 4 is 0 Å². The fourth-order valence-electron chi connectivity index (χ4n) is 3.95. The lowest BCUT2D eigenvalue weighted by atomic mass is 10.0. The molecule has 0 spiro atoms. The minimum absolute atomic E-state index is 1.20. The number of unbranched alkanes of at least 4 members (excludes halogenated alkanes) is 21. The first-order chi connectivity index (χ1) is 13.9. The van der Waals surface area contributed by atoms with Gasteiger partial charge < -0.3 is 0 Å². The molecule has 0 heteroatoms. The molecule has 0 radical (unpaired) electrons. The highest BCUT2D eigenvalue weighted by molar-refractivity contribution is 4.81. The van der Waals surface area contributed by atoms with Gasteiger partial charge in [-0.15, -0.1) is 6.58 Å². The molecule has 0 unspecified atom stereocenters. The maximum Gasteiger partial charge on any atom is -0.0351 e. The Morgan fingerprint density at radius 3 is 1.00 bits per heavy atom. The van der Waals surface area contributed by atoms with Gasteiger partial charge in [-0.2, -0.15) is 0 Å². The SMILES string of the molecule is C=CCCCCCCCCCCCCCCC=CCCCCCCCCCC. The number of hydrogen-bond donors (Lipinski definition) is 0. The van der Waals surface area contributed by atoms with E-state index >= 15 is 0 Å². The molecule has 0 saturated carbocycles. The number of hydrogen-bond acceptors (Lipinski definition) is 0. The predicted molar refractivity (Wildman–Crippen MR) is 131 cm³/mol. The average Bonchev–Trinajstić information content (AvgIpc) is 2.71. The molecular weight excluding hydrogens is 336 g/mol. The highest BCUT2D eigenvalue weighted by Crippen LogP contribution is 2.13. The summed E-state index contributed by atoms with van der Waals surface area (Å²) in [6.07, 6.45) is 39.4. The maximum absolute atomic E-state index is 3.79. The van der Waals surface area contributed by atoms with Crippen molar-refractivity contribution in [2.75, 3.05) is 0 Å². The zero-order valence-corrected chi connectivity index (χ0v) is 19.7. The highest BCUT2D eigenvalue weighted by Gasteiger charge is 1.94. The summed E-state index contributed by atoms with van der Waals surface area (Å²) in [6.45, 7) is 6.08. The van der Waals surface area contributed by atoms with Crippen LogP contribution in [0, 0.1) is 0 Å². The molecule has 0 atom stereocenters. The van der Waals surface area contributed by atoms with Gasteiger partial charge in [-0.1, -0.05) is 134 Å². The molecule has 0 heterocycles. The van der Waals surface area contributed by atoms with E-state index in [4.69, 9.17) is 0 Å². The molecule has 0 amide bonds. The summed E-state index contributed by atoms with van der Waals surface area (Å²) in [5.74, 6) is 0. The zero-order chi connectivity index (χ0) is 20.4. The first-order valence-electron chi connectivity index (χ1n) is 13.2. The normalized spacial score (nSPS) is 11.5. The molecule has 0 aliphatic heterocycles. The van der Waals surface area contributed by atoms with Gasteiger partial charge in [0.15, 0.2) is 0 Å². The van der Waals surface area contributed by atoms with Gasteiger partial charge in [0, 0.05) is 0 Å². The Kier molecular flexibility index (Phi) is 26.0. The molecule has 0 saturated heterocycles. The highest BCUT2D eigenvalue weighted by atomic mass is 14.0. The van der Waals surface area contributed by atoms with E-state index in [-0.39, 0.29) is 0 Å². The van der Waals surface area contributed by atoms with E-state index in [0.717, 1.165) is 0 Å². The standard InChI is InChI=1S/C28H54/c1-3-5-7-9-11-13-15-17-19-21-23-25-27-28-26-24-22-20-18-16-14-12-10-8-6-4-2/h3,22,24H,1,4-21,23,25-28H2,2H3. The van der Waals surface area contributed by atoms with Gasteiger partial charge in [0.05, 0.1) is 0 Å². The predicted octanol–water partition coefficient (Wildman–Crippen LogP) is 10.7. The van der Waals surface area contributed by atoms with Gasteiger partial charge in [0.25, 0.3) is 0 Å². The van der Waals surface area contributed by atoms with Crippen molar-refractivity contribution in [3.63, 3.8) is 0 Å². The van der Waals surface area contributed by atoms with Crippen LogP contribution in [0.5, 0.6) is 0 Å². The van der Waals surface area contributed by atoms with Crippen molar-refractivity contribution in [3.8, 4) is 0 Å². The third-order valence-electron chi connectivity index (χ3n) is 5.92. The van der Waals surface area contributed by atoms with Crippen LogP contribution in [0.2, 0.25) is 0 Å². The van der Waals surface area contributed by atoms with Crippen LogP contribution < -0.4 is 0 Å². The maximum atomic E-state index is 3.79. The second kappa shape index (κ2) is 26.5. The van der Waals surface area contributed by atoms with Crippen LogP contribution in [0.3, 0.4) is 0 Å². The molecule has 0 aromatic carbocycles. The molecule has 0 aromatic rings. The summed E-state index contributed by atoms with van der Waals surface area (Å²) < 4.78 is 0. The lowest BCUT2D eigenvalue weighted by molar-refractivity contribution is 0.542. The summed E-state index contributed by atoms with van der Waals surface area (Å²) >= 11 is 0. The van der Waals surface area contributed by atoms with Crippen molar-refractivity contribution in [3.05, 3.63) is 24.8 Å². The Bertz CT molecular complexity index is 301. The molecule has 0 aliphatic rings. The third kappa shape index (κ3) is 25.5. The monoisotopic (exact) mass is 390 g/mol. The van der Waals surface area contributed by atoms with E-state index in [1.807, 2.05) is 6.08 Å². The Morgan fingerprint density at radius 2 is 0.679 bits per heavy atom. The Morgan fingerprint density at radius 1 is 0.393 bits per heavy atom. The summed E-state index contributed by atoms with van der Waals surface area (Å²) in [4.78, 5) is 0. The second-order valence-corrected chi connectivity index (χ2v) is 8.84. The van der Waals surface area contributed by atoms with E-state index in [1.165, 1.54) is 148 Å². The third-order valence-corrected chi connectivity index (χ3v) is 5.92. The van der Waals surface area contributed by atoms with Crippen LogP contribution >= 0.6 is 0 Å². The van der Waals surface area contributed by atoms with Crippen LogP contribution in [0.25, 0.3) is 0 Å². The minimum Gasteiger partial charge on any atom is -0.103 e. The van der Waals surface area contributed by atoms with Gasteiger partial charge in [0.2, 0.25) is 0 Å². The van der Waals surface area contributed by atoms with Crippen LogP contribution in [0.4, 0.5) is 0 Å². The molecular formula is C28H54. The molecule has 0 N–H and O–H groups in total. The second-order valence-electron chi connectivity index (χ2n) is 8.84. The molecule has 28 heavy (non-hydrogen) atoms. The molecule has 0 nitrogen and oxygen atoms in total. The van der Waals surface area contributed by atoms with E-state index in [9.17, 15) is 0 Å². The van der Waals surface area contributed by atoms with Gasteiger partial charge in [-0.3, -0.25) is 0 Å². The smallest absolute Gasteiger partial charge is 0.0351 e. The van der Waals surface area contributed by atoms with Crippen LogP contribution in [0.15, 0.2) is 24.8 Å². The summed E-state index contributed by atoms with van der Waals surface area (Å²) in [6, 6.07) is 0. The van der Waals surface area contributed by atoms with Crippen molar-refractivity contribution in [2.24, 2.45) is 0 Å². The Balaban J connectivity index is 3.05. The average molecular weight is 391 g/mol. The van der Waals surface area contributed by atoms with Crippen molar-refractivity contribution in [1.29, 1.82) is 0 Å². The fourth-order valence-corrected chi connectivity index (χ4v) is 3.95. The zero-order valence-electron chi connectivity index (χ0n) is 19.7. The lowest BCUT2D eigenvalue weighted by Crippen LogP contribution is -1.83. The topological polar surface area (TPSA) is 0 Å². The van der Waals surface area contributed by atoms with Crippen LogP contribution in [-0.4, -0.2) is 0 Å². The summed E-state index contributed by atoms with van der Waals surface area (Å²) in [5.41, 5.74) is 0. The van der Waals surface area contributed by atoms with Crippen molar-refractivity contribution < 1.29 is 0 Å². The van der Waals surface area contributed by atoms with Crippen LogP contribution in [0.1, 0.15) is 155 Å². The van der Waals surface area contributed by atoms with E-state index in [0.29, 0.717) is 0 Å². The Hall–Kier alpha value is -0.520. The first-order valence-corrected chi connectivity index (χ1v) is 13.2. The van der Waals surface area contributed by atoms with E-state index < -0.39 is 0 Å². The van der Waals surface area contributed by atoms with Crippen LogP contribution in [-0.2, 0) is 0 Å². The quantitative estimate of drug-likeness (QED) is 0.113. The molecule has 166 valence electrons. The van der Waals surface area contributed by atoms with Crippen molar-refractivity contribution in [1.82, 2.24) is 0 Å². The Labute approximate surface area is 179 Å². The molecule has 0 aliphatic carbocycles. The summed E-state index contributed by atoms with van der Waals surface area (Å²) in [7, 11) is 0. The van der Waals surface area contributed by atoms with E-state index in [1.54, 1.807) is 0 Å². The largest absolute Gasteiger partial charge is 0.103 e. The number of allylic oxidation sites excluding steroid dienone is 3. The minimum atomic E-state index is 1.20. The van der Waals surface area contributed by atoms with Crippen molar-refractivity contribution in [2.45, 2.75) is 155 Å². The van der Waals surface area contributed by atoms with Gasteiger partial charge in [-0.25, -0.2) is 0 Å². The fraction of sp³-hybridized carbons (Fsp3) is 0.857. The molecule has 0 fully saturated rings. The van der Waals surface area contributed by atoms with Gasteiger partial charge in [-0.05, 0) is 38.5 Å². The molecule has 0 aromatic heterocycles.